The Morgan fingerprint density at radius 2 is 0.717 bits per heavy atom. The standard InChI is InChI=1S/C42H22F2N2O7/c43-27-7-1-23(2-8-27)37(47)25-5-19-33-35(21-25)41(51)45(39(33)49)29-11-15-31(16-12-29)53-32-17-13-30(14-18-32)46-40(50)34-20-6-26(22-36(34)42(46)52)38(48)24-3-9-28(44)10-4-24/h1-22H. The molecule has 0 bridgehead atoms. The molecule has 0 saturated heterocycles. The molecule has 0 fully saturated rings. The number of anilines is 2. The maximum absolute atomic E-state index is 13.3. The van der Waals surface area contributed by atoms with E-state index in [0.29, 0.717) is 11.5 Å². The van der Waals surface area contributed by atoms with Crippen molar-refractivity contribution in [3.8, 4) is 11.5 Å². The summed E-state index contributed by atoms with van der Waals surface area (Å²) in [5.74, 6) is -3.41. The lowest BCUT2D eigenvalue weighted by molar-refractivity contribution is 0.0910. The Morgan fingerprint density at radius 1 is 0.396 bits per heavy atom. The van der Waals surface area contributed by atoms with Gasteiger partial charge < -0.3 is 4.74 Å². The lowest BCUT2D eigenvalue weighted by Crippen LogP contribution is -2.29. The van der Waals surface area contributed by atoms with E-state index in [-0.39, 0.29) is 55.9 Å². The molecule has 6 aromatic rings. The second kappa shape index (κ2) is 12.7. The van der Waals surface area contributed by atoms with Gasteiger partial charge in [0.15, 0.2) is 11.6 Å². The first-order chi connectivity index (χ1) is 25.6. The van der Waals surface area contributed by atoms with Crippen molar-refractivity contribution in [1.82, 2.24) is 0 Å². The Balaban J connectivity index is 0.945. The van der Waals surface area contributed by atoms with Crippen LogP contribution < -0.4 is 14.5 Å². The third-order valence-corrected chi connectivity index (χ3v) is 8.94. The van der Waals surface area contributed by atoms with E-state index < -0.39 is 46.8 Å². The smallest absolute Gasteiger partial charge is 0.266 e. The van der Waals surface area contributed by atoms with Crippen molar-refractivity contribution in [3.05, 3.63) is 190 Å². The normalized spacial score (nSPS) is 13.3. The van der Waals surface area contributed by atoms with E-state index in [4.69, 9.17) is 4.74 Å². The number of ketones is 2. The van der Waals surface area contributed by atoms with Crippen molar-refractivity contribution >= 4 is 46.6 Å². The topological polar surface area (TPSA) is 118 Å². The summed E-state index contributed by atoms with van der Waals surface area (Å²) < 4.78 is 32.6. The SMILES string of the molecule is O=C(c1ccc(F)cc1)c1ccc2c(c1)C(=O)N(c1ccc(Oc3ccc(N4C(=O)c5ccc(C(=O)c6ccc(F)cc6)cc5C4=O)cc3)cc1)C2=O. The summed E-state index contributed by atoms with van der Waals surface area (Å²) in [7, 11) is 0. The van der Waals surface area contributed by atoms with Gasteiger partial charge in [0, 0.05) is 22.3 Å². The lowest BCUT2D eigenvalue weighted by Gasteiger charge is -2.16. The summed E-state index contributed by atoms with van der Waals surface area (Å²) in [5.41, 5.74) is 1.81. The second-order valence-corrected chi connectivity index (χ2v) is 12.2. The molecule has 53 heavy (non-hydrogen) atoms. The van der Waals surface area contributed by atoms with Gasteiger partial charge >= 0.3 is 0 Å². The summed E-state index contributed by atoms with van der Waals surface area (Å²) >= 11 is 0. The predicted molar refractivity (Wildman–Crippen MR) is 188 cm³/mol. The zero-order chi connectivity index (χ0) is 37.0. The van der Waals surface area contributed by atoms with Crippen molar-refractivity contribution in [2.75, 3.05) is 9.80 Å². The molecule has 0 saturated carbocycles. The van der Waals surface area contributed by atoms with Crippen LogP contribution in [0.25, 0.3) is 0 Å². The number of rotatable bonds is 8. The molecule has 256 valence electrons. The van der Waals surface area contributed by atoms with Crippen molar-refractivity contribution in [3.63, 3.8) is 0 Å². The van der Waals surface area contributed by atoms with Crippen molar-refractivity contribution in [2.24, 2.45) is 0 Å². The van der Waals surface area contributed by atoms with Crippen LogP contribution in [0.3, 0.4) is 0 Å². The van der Waals surface area contributed by atoms with Crippen LogP contribution in [0.15, 0.2) is 133 Å². The number of carbonyl (C=O) groups excluding carboxylic acids is 6. The van der Waals surface area contributed by atoms with Crippen LogP contribution in [0.1, 0.15) is 73.3 Å². The van der Waals surface area contributed by atoms with Crippen LogP contribution >= 0.6 is 0 Å². The Bertz CT molecular complexity index is 2370. The molecule has 0 radical (unpaired) electrons. The van der Waals surface area contributed by atoms with Crippen LogP contribution in [-0.4, -0.2) is 35.2 Å². The van der Waals surface area contributed by atoms with E-state index in [2.05, 4.69) is 0 Å². The largest absolute Gasteiger partial charge is 0.457 e. The van der Waals surface area contributed by atoms with Crippen LogP contribution in [0.5, 0.6) is 11.5 Å². The molecule has 0 N–H and O–H groups in total. The number of fused-ring (bicyclic) bond motifs is 2. The van der Waals surface area contributed by atoms with Gasteiger partial charge in [-0.1, -0.05) is 12.1 Å². The Hall–Kier alpha value is -7.40. The van der Waals surface area contributed by atoms with Gasteiger partial charge in [0.1, 0.15) is 23.1 Å². The Kier molecular flexibility index (Phi) is 7.88. The van der Waals surface area contributed by atoms with Gasteiger partial charge in [0.25, 0.3) is 23.6 Å². The highest BCUT2D eigenvalue weighted by atomic mass is 19.1. The third kappa shape index (κ3) is 5.75. The Morgan fingerprint density at radius 3 is 1.08 bits per heavy atom. The summed E-state index contributed by atoms with van der Waals surface area (Å²) in [6, 6.07) is 30.9. The number of halogens is 2. The zero-order valence-electron chi connectivity index (χ0n) is 27.2. The van der Waals surface area contributed by atoms with Gasteiger partial charge in [0.05, 0.1) is 33.6 Å². The highest BCUT2D eigenvalue weighted by molar-refractivity contribution is 6.36. The minimum atomic E-state index is -0.605. The highest BCUT2D eigenvalue weighted by Crippen LogP contribution is 2.34. The number of hydrogen-bond donors (Lipinski definition) is 0. The molecular weight excluding hydrogens is 682 g/mol. The molecule has 0 atom stereocenters. The van der Waals surface area contributed by atoms with Crippen molar-refractivity contribution in [2.45, 2.75) is 0 Å². The molecule has 8 rings (SSSR count). The van der Waals surface area contributed by atoms with Crippen molar-refractivity contribution in [1.29, 1.82) is 0 Å². The van der Waals surface area contributed by atoms with Gasteiger partial charge in [-0.3, -0.25) is 28.8 Å². The molecule has 11 heteroatoms. The maximum atomic E-state index is 13.3. The molecule has 0 aromatic heterocycles. The maximum Gasteiger partial charge on any atom is 0.266 e. The van der Waals surface area contributed by atoms with Crippen LogP contribution in [0.2, 0.25) is 0 Å². The van der Waals surface area contributed by atoms with E-state index >= 15 is 0 Å². The quantitative estimate of drug-likeness (QED) is 0.117. The van der Waals surface area contributed by atoms with E-state index in [1.807, 2.05) is 0 Å². The van der Waals surface area contributed by atoms with Crippen LogP contribution in [-0.2, 0) is 0 Å². The molecule has 0 aliphatic carbocycles. The first kappa shape index (κ1) is 32.8. The van der Waals surface area contributed by atoms with E-state index in [9.17, 15) is 37.5 Å². The monoisotopic (exact) mass is 704 g/mol. The summed E-state index contributed by atoms with van der Waals surface area (Å²) in [4.78, 5) is 81.0. The molecule has 2 aliphatic rings. The Labute approximate surface area is 299 Å². The number of benzene rings is 6. The second-order valence-electron chi connectivity index (χ2n) is 12.2. The number of amides is 4. The summed E-state index contributed by atoms with van der Waals surface area (Å²) in [6.45, 7) is 0. The average molecular weight is 705 g/mol. The summed E-state index contributed by atoms with van der Waals surface area (Å²) in [5, 5.41) is 0. The highest BCUT2D eigenvalue weighted by Gasteiger charge is 2.38. The number of ether oxygens (including phenoxy) is 1. The van der Waals surface area contributed by atoms with Crippen LogP contribution in [0.4, 0.5) is 20.2 Å². The van der Waals surface area contributed by atoms with E-state index in [1.165, 1.54) is 109 Å². The van der Waals surface area contributed by atoms with Gasteiger partial charge in [-0.05, 0) is 121 Å². The molecule has 2 aliphatic heterocycles. The van der Waals surface area contributed by atoms with E-state index in [0.717, 1.165) is 9.80 Å². The minimum absolute atomic E-state index is 0.0698. The molecule has 0 spiro atoms. The van der Waals surface area contributed by atoms with E-state index in [1.54, 1.807) is 24.3 Å². The molecule has 0 unspecified atom stereocenters. The first-order valence-corrected chi connectivity index (χ1v) is 16.1. The van der Waals surface area contributed by atoms with Crippen LogP contribution in [0, 0.1) is 11.6 Å². The van der Waals surface area contributed by atoms with Gasteiger partial charge in [0.2, 0.25) is 0 Å². The molecule has 6 aromatic carbocycles. The molecule has 2 heterocycles. The fourth-order valence-electron chi connectivity index (χ4n) is 6.23. The predicted octanol–water partition coefficient (Wildman–Crippen LogP) is 7.82. The fourth-order valence-corrected chi connectivity index (χ4v) is 6.23. The van der Waals surface area contributed by atoms with Gasteiger partial charge in [-0.15, -0.1) is 0 Å². The number of imide groups is 2. The number of nitrogens with zero attached hydrogens (tertiary/aromatic N) is 2. The number of carbonyl (C=O) groups is 6. The van der Waals surface area contributed by atoms with Crippen molar-refractivity contribution < 1.29 is 42.3 Å². The molecule has 9 nitrogen and oxygen atoms in total. The minimum Gasteiger partial charge on any atom is -0.457 e. The van der Waals surface area contributed by atoms with Gasteiger partial charge in [-0.25, -0.2) is 18.6 Å². The third-order valence-electron chi connectivity index (χ3n) is 8.94. The number of hydrogen-bond acceptors (Lipinski definition) is 7. The average Bonchev–Trinajstić information content (AvgIpc) is 3.58. The lowest BCUT2D eigenvalue weighted by atomic mass is 9.99. The summed E-state index contributed by atoms with van der Waals surface area (Å²) in [6.07, 6.45) is 0. The first-order valence-electron chi connectivity index (χ1n) is 16.1. The molecule has 4 amide bonds. The van der Waals surface area contributed by atoms with Gasteiger partial charge in [-0.2, -0.15) is 0 Å². The fraction of sp³-hybridized carbons (Fsp3) is 0. The zero-order valence-corrected chi connectivity index (χ0v) is 27.2. The molecular formula is C42H22F2N2O7.